The van der Waals surface area contributed by atoms with Crippen molar-refractivity contribution in [2.45, 2.75) is 100 Å². The van der Waals surface area contributed by atoms with Gasteiger partial charge in [0, 0.05) is 34.1 Å². The first kappa shape index (κ1) is 42.6. The monoisotopic (exact) mass is 849 g/mol. The highest BCUT2D eigenvalue weighted by Crippen LogP contribution is 2.64. The highest BCUT2D eigenvalue weighted by atomic mass is 15.2. The van der Waals surface area contributed by atoms with E-state index in [1.54, 1.807) is 0 Å². The number of allylic oxidation sites excluding steroid dienone is 3. The zero-order valence-electron chi connectivity index (χ0n) is 40.2. The lowest BCUT2D eigenvalue weighted by Gasteiger charge is -2.35. The van der Waals surface area contributed by atoms with Gasteiger partial charge in [0.1, 0.15) is 0 Å². The molecule has 65 heavy (non-hydrogen) atoms. The molecule has 0 saturated heterocycles. The zero-order valence-corrected chi connectivity index (χ0v) is 40.2. The predicted octanol–water partition coefficient (Wildman–Crippen LogP) is 17.1. The van der Waals surface area contributed by atoms with Crippen LogP contribution in [0.5, 0.6) is 0 Å². The van der Waals surface area contributed by atoms with E-state index in [9.17, 15) is 0 Å². The summed E-state index contributed by atoms with van der Waals surface area (Å²) in [6.07, 6.45) is 11.7. The third kappa shape index (κ3) is 6.66. The second-order valence-electron chi connectivity index (χ2n) is 19.1. The van der Waals surface area contributed by atoms with Crippen molar-refractivity contribution in [1.29, 1.82) is 0 Å². The SMILES string of the molecule is CCc1ccc(N(c2cc(C)c(C)c(C)c2)c2ccc3c(c2)C2(c4ccccc4-c4ccc(N(C5=CC(CC)C(CC)C=C5)c5cc(C)c(C)c(C)c5)cc42)c2ccccc2-3)cc1CC. The average molecular weight is 849 g/mol. The molecule has 0 amide bonds. The minimum atomic E-state index is -0.532. The number of nitrogens with zero attached hydrogens (tertiary/aromatic N) is 2. The summed E-state index contributed by atoms with van der Waals surface area (Å²) in [4.78, 5) is 5.07. The molecule has 0 saturated carbocycles. The fourth-order valence-electron chi connectivity index (χ4n) is 11.8. The molecule has 3 atom stereocenters. The molecule has 10 rings (SSSR count). The fourth-order valence-corrected chi connectivity index (χ4v) is 11.8. The maximum absolute atomic E-state index is 2.56. The smallest absolute Gasteiger partial charge is 0.0727 e. The van der Waals surface area contributed by atoms with Crippen molar-refractivity contribution in [2.24, 2.45) is 11.8 Å². The van der Waals surface area contributed by atoms with Crippen LogP contribution in [-0.4, -0.2) is 0 Å². The molecule has 0 N–H and O–H groups in total. The quantitative estimate of drug-likeness (QED) is 0.135. The Morgan fingerprint density at radius 1 is 0.415 bits per heavy atom. The van der Waals surface area contributed by atoms with Crippen LogP contribution in [0.1, 0.15) is 107 Å². The van der Waals surface area contributed by atoms with E-state index in [0.29, 0.717) is 11.8 Å². The van der Waals surface area contributed by atoms with Crippen LogP contribution < -0.4 is 9.80 Å². The van der Waals surface area contributed by atoms with Gasteiger partial charge in [0.05, 0.1) is 5.41 Å². The van der Waals surface area contributed by atoms with Crippen molar-refractivity contribution >= 4 is 28.4 Å². The van der Waals surface area contributed by atoms with Crippen LogP contribution in [-0.2, 0) is 18.3 Å². The first-order valence-corrected chi connectivity index (χ1v) is 24.3. The van der Waals surface area contributed by atoms with Gasteiger partial charge in [-0.15, -0.1) is 0 Å². The van der Waals surface area contributed by atoms with Gasteiger partial charge in [-0.2, -0.15) is 0 Å². The molecule has 3 aliphatic rings. The summed E-state index contributed by atoms with van der Waals surface area (Å²) in [6.45, 7) is 22.8. The fraction of sp³-hybridized carbons (Fsp3) is 0.270. The molecule has 0 aromatic heterocycles. The summed E-state index contributed by atoms with van der Waals surface area (Å²) in [6, 6.07) is 49.9. The van der Waals surface area contributed by atoms with Crippen molar-refractivity contribution in [1.82, 2.24) is 0 Å². The first-order chi connectivity index (χ1) is 31.5. The summed E-state index contributed by atoms with van der Waals surface area (Å²) in [5.74, 6) is 1.04. The minimum absolute atomic E-state index is 0.489. The molecule has 326 valence electrons. The van der Waals surface area contributed by atoms with Gasteiger partial charge in [-0.05, 0) is 235 Å². The van der Waals surface area contributed by atoms with E-state index in [0.717, 1.165) is 25.7 Å². The molecule has 2 nitrogen and oxygen atoms in total. The predicted molar refractivity (Wildman–Crippen MR) is 278 cm³/mol. The van der Waals surface area contributed by atoms with Gasteiger partial charge in [0.25, 0.3) is 0 Å². The van der Waals surface area contributed by atoms with E-state index in [1.807, 2.05) is 0 Å². The Hall–Kier alpha value is -6.38. The number of aryl methyl sites for hydroxylation is 6. The molecule has 0 bridgehead atoms. The van der Waals surface area contributed by atoms with E-state index in [4.69, 9.17) is 0 Å². The Morgan fingerprint density at radius 3 is 1.37 bits per heavy atom. The zero-order chi connectivity index (χ0) is 45.3. The maximum atomic E-state index is 2.56. The van der Waals surface area contributed by atoms with Crippen LogP contribution in [0.4, 0.5) is 28.4 Å². The van der Waals surface area contributed by atoms with Crippen molar-refractivity contribution in [3.63, 3.8) is 0 Å². The number of hydrogen-bond acceptors (Lipinski definition) is 2. The van der Waals surface area contributed by atoms with Crippen LogP contribution in [0.3, 0.4) is 0 Å². The second kappa shape index (κ2) is 16.6. The third-order valence-electron chi connectivity index (χ3n) is 15.8. The van der Waals surface area contributed by atoms with Crippen molar-refractivity contribution in [3.05, 3.63) is 218 Å². The Labute approximate surface area is 389 Å². The molecule has 7 aromatic carbocycles. The van der Waals surface area contributed by atoms with Gasteiger partial charge in [-0.25, -0.2) is 0 Å². The van der Waals surface area contributed by atoms with Crippen LogP contribution >= 0.6 is 0 Å². The highest BCUT2D eigenvalue weighted by Gasteiger charge is 2.52. The summed E-state index contributed by atoms with van der Waals surface area (Å²) in [5, 5.41) is 0. The van der Waals surface area contributed by atoms with Crippen molar-refractivity contribution in [3.8, 4) is 22.3 Å². The maximum Gasteiger partial charge on any atom is 0.0727 e. The van der Waals surface area contributed by atoms with E-state index >= 15 is 0 Å². The molecule has 1 spiro atoms. The number of benzene rings is 7. The topological polar surface area (TPSA) is 6.48 Å². The molecule has 0 heterocycles. The molecule has 3 unspecified atom stereocenters. The van der Waals surface area contributed by atoms with E-state index in [-0.39, 0.29) is 0 Å². The Kier molecular flexibility index (Phi) is 10.8. The van der Waals surface area contributed by atoms with E-state index in [1.165, 1.54) is 123 Å². The molecule has 0 radical (unpaired) electrons. The molecule has 3 aliphatic carbocycles. The third-order valence-corrected chi connectivity index (χ3v) is 15.8. The highest BCUT2D eigenvalue weighted by molar-refractivity contribution is 5.97. The number of anilines is 5. The van der Waals surface area contributed by atoms with Crippen LogP contribution in [0.2, 0.25) is 0 Å². The number of fused-ring (bicyclic) bond motifs is 10. The van der Waals surface area contributed by atoms with Gasteiger partial charge in [0.2, 0.25) is 0 Å². The number of rotatable bonds is 10. The van der Waals surface area contributed by atoms with E-state index in [2.05, 4.69) is 225 Å². The van der Waals surface area contributed by atoms with Gasteiger partial charge >= 0.3 is 0 Å². The van der Waals surface area contributed by atoms with Gasteiger partial charge in [0.15, 0.2) is 0 Å². The van der Waals surface area contributed by atoms with Crippen molar-refractivity contribution in [2.75, 3.05) is 9.80 Å². The molecule has 0 aliphatic heterocycles. The lowest BCUT2D eigenvalue weighted by Crippen LogP contribution is -2.27. The van der Waals surface area contributed by atoms with E-state index < -0.39 is 5.41 Å². The van der Waals surface area contributed by atoms with Crippen molar-refractivity contribution < 1.29 is 0 Å². The normalized spacial score (nSPS) is 17.7. The summed E-state index contributed by atoms with van der Waals surface area (Å²) < 4.78 is 0. The molecule has 2 heteroatoms. The van der Waals surface area contributed by atoms with Crippen LogP contribution in [0, 0.1) is 53.4 Å². The number of hydrogen-bond donors (Lipinski definition) is 0. The first-order valence-electron chi connectivity index (χ1n) is 24.3. The lowest BCUT2D eigenvalue weighted by atomic mass is 9.70. The van der Waals surface area contributed by atoms with Gasteiger partial charge < -0.3 is 9.80 Å². The molecule has 0 fully saturated rings. The largest absolute Gasteiger partial charge is 0.311 e. The Morgan fingerprint density at radius 2 is 0.862 bits per heavy atom. The van der Waals surface area contributed by atoms with Gasteiger partial charge in [-0.3, -0.25) is 0 Å². The Bertz CT molecular complexity index is 3030. The summed E-state index contributed by atoms with van der Waals surface area (Å²) in [7, 11) is 0. The van der Waals surface area contributed by atoms with Gasteiger partial charge in [-0.1, -0.05) is 107 Å². The average Bonchev–Trinajstić information content (AvgIpc) is 3.79. The lowest BCUT2D eigenvalue weighted by molar-refractivity contribution is 0.442. The van der Waals surface area contributed by atoms with Crippen LogP contribution in [0.25, 0.3) is 22.3 Å². The molecular formula is C63H64N2. The molecular weight excluding hydrogens is 785 g/mol. The standard InChI is InChI=1S/C63H64N2/c1-11-45-23-25-49(35-47(45)13-3)64(53-31-39(5)43(9)40(6)32-53)51-27-29-57-55-19-15-17-21-59(55)63(61(57)37-51)60-22-18-16-20-56(60)58-30-28-52(38-62(58)63)65(54-33-41(7)44(10)42(8)34-54)50-26-24-46(12-2)48(14-4)36-50/h15-38,45,47H,11-14H2,1-10H3. The van der Waals surface area contributed by atoms with Crippen LogP contribution in [0.15, 0.2) is 151 Å². The second-order valence-corrected chi connectivity index (χ2v) is 19.1. The molecule has 7 aromatic rings. The minimum Gasteiger partial charge on any atom is -0.311 e. The summed E-state index contributed by atoms with van der Waals surface area (Å²) in [5.41, 5.74) is 28.1. The summed E-state index contributed by atoms with van der Waals surface area (Å²) >= 11 is 0. The Balaban J connectivity index is 1.24.